The van der Waals surface area contributed by atoms with E-state index >= 15 is 0 Å². The van der Waals surface area contributed by atoms with Crippen LogP contribution in [0.1, 0.15) is 28.6 Å². The van der Waals surface area contributed by atoms with Gasteiger partial charge in [-0.3, -0.25) is 4.79 Å². The zero-order chi connectivity index (χ0) is 10.8. The average molecular weight is 224 g/mol. The van der Waals surface area contributed by atoms with Crippen LogP contribution < -0.4 is 5.73 Å². The van der Waals surface area contributed by atoms with Gasteiger partial charge in [-0.1, -0.05) is 6.92 Å². The third-order valence-electron chi connectivity index (χ3n) is 2.83. The second-order valence-corrected chi connectivity index (χ2v) is 4.84. The Hall–Kier alpha value is -0.870. The van der Waals surface area contributed by atoms with E-state index in [1.165, 1.54) is 11.3 Å². The molecule has 2 rings (SSSR count). The monoisotopic (exact) mass is 224 g/mol. The zero-order valence-corrected chi connectivity index (χ0v) is 9.72. The van der Waals surface area contributed by atoms with E-state index in [-0.39, 0.29) is 11.9 Å². The molecular formula is C11H16N2OS. The lowest BCUT2D eigenvalue weighted by Gasteiger charge is -2.15. The number of likely N-dealkylation sites (tertiary alicyclic amines) is 1. The minimum absolute atomic E-state index is 0.162. The first-order valence-corrected chi connectivity index (χ1v) is 6.21. The Morgan fingerprint density at radius 1 is 1.73 bits per heavy atom. The molecule has 4 heteroatoms. The van der Waals surface area contributed by atoms with Gasteiger partial charge in [0, 0.05) is 19.1 Å². The molecule has 1 saturated heterocycles. The third-order valence-corrected chi connectivity index (χ3v) is 3.78. The van der Waals surface area contributed by atoms with Gasteiger partial charge < -0.3 is 10.6 Å². The first-order chi connectivity index (χ1) is 7.22. The van der Waals surface area contributed by atoms with E-state index in [9.17, 15) is 4.79 Å². The highest BCUT2D eigenvalue weighted by Crippen LogP contribution is 2.21. The number of aryl methyl sites for hydroxylation is 1. The SMILES string of the molecule is CCc1ccsc1C(=O)N1CC[C@H](N)C1. The molecule has 1 atom stereocenters. The molecule has 0 unspecified atom stereocenters. The largest absolute Gasteiger partial charge is 0.336 e. The second kappa shape index (κ2) is 4.33. The summed E-state index contributed by atoms with van der Waals surface area (Å²) in [5.41, 5.74) is 6.95. The minimum Gasteiger partial charge on any atom is -0.336 e. The number of carbonyl (C=O) groups is 1. The summed E-state index contributed by atoms with van der Waals surface area (Å²) in [6.07, 6.45) is 1.85. The molecule has 82 valence electrons. The van der Waals surface area contributed by atoms with Crippen LogP contribution in [0.5, 0.6) is 0 Å². The standard InChI is InChI=1S/C11H16N2OS/c1-2-8-4-6-15-10(8)11(14)13-5-3-9(12)7-13/h4,6,9H,2-3,5,7,12H2,1H3/t9-/m0/s1. The maximum atomic E-state index is 12.1. The Kier molecular flexibility index (Phi) is 3.07. The zero-order valence-electron chi connectivity index (χ0n) is 8.90. The Bertz CT molecular complexity index is 361. The first kappa shape index (κ1) is 10.6. The molecule has 2 heterocycles. The summed E-state index contributed by atoms with van der Waals surface area (Å²) in [4.78, 5) is 14.9. The quantitative estimate of drug-likeness (QED) is 0.827. The van der Waals surface area contributed by atoms with Crippen LogP contribution in [0.15, 0.2) is 11.4 Å². The van der Waals surface area contributed by atoms with Gasteiger partial charge in [0.1, 0.15) is 0 Å². The Morgan fingerprint density at radius 3 is 3.13 bits per heavy atom. The van der Waals surface area contributed by atoms with Gasteiger partial charge in [0.05, 0.1) is 4.88 Å². The van der Waals surface area contributed by atoms with Gasteiger partial charge in [-0.15, -0.1) is 11.3 Å². The van der Waals surface area contributed by atoms with Crippen molar-refractivity contribution in [3.05, 3.63) is 21.9 Å². The van der Waals surface area contributed by atoms with Crippen molar-refractivity contribution in [2.45, 2.75) is 25.8 Å². The summed E-state index contributed by atoms with van der Waals surface area (Å²) in [5.74, 6) is 0.162. The van der Waals surface area contributed by atoms with E-state index in [2.05, 4.69) is 6.92 Å². The summed E-state index contributed by atoms with van der Waals surface area (Å²) in [5, 5.41) is 1.99. The Labute approximate surface area is 93.9 Å². The number of rotatable bonds is 2. The minimum atomic E-state index is 0.162. The number of hydrogen-bond donors (Lipinski definition) is 1. The number of nitrogens with zero attached hydrogens (tertiary/aromatic N) is 1. The van der Waals surface area contributed by atoms with E-state index in [1.807, 2.05) is 16.3 Å². The van der Waals surface area contributed by atoms with Gasteiger partial charge in [0.15, 0.2) is 0 Å². The normalized spacial score (nSPS) is 20.9. The smallest absolute Gasteiger partial charge is 0.264 e. The maximum absolute atomic E-state index is 12.1. The number of amides is 1. The van der Waals surface area contributed by atoms with Crippen molar-refractivity contribution in [1.82, 2.24) is 4.90 Å². The molecule has 0 aliphatic carbocycles. The third kappa shape index (κ3) is 2.06. The van der Waals surface area contributed by atoms with Crippen LogP contribution in [-0.4, -0.2) is 29.9 Å². The van der Waals surface area contributed by atoms with Crippen LogP contribution in [0.25, 0.3) is 0 Å². The number of nitrogens with two attached hydrogens (primary N) is 1. The van der Waals surface area contributed by atoms with Crippen LogP contribution in [0.2, 0.25) is 0 Å². The second-order valence-electron chi connectivity index (χ2n) is 3.93. The molecule has 0 aromatic carbocycles. The lowest BCUT2D eigenvalue weighted by Crippen LogP contribution is -2.31. The number of hydrogen-bond acceptors (Lipinski definition) is 3. The topological polar surface area (TPSA) is 46.3 Å². The lowest BCUT2D eigenvalue weighted by molar-refractivity contribution is 0.0794. The maximum Gasteiger partial charge on any atom is 0.264 e. The van der Waals surface area contributed by atoms with E-state index in [4.69, 9.17) is 5.73 Å². The van der Waals surface area contributed by atoms with Gasteiger partial charge in [-0.25, -0.2) is 0 Å². The molecule has 1 aliphatic rings. The molecule has 2 N–H and O–H groups in total. The molecule has 1 amide bonds. The predicted octanol–water partition coefficient (Wildman–Crippen LogP) is 1.48. The summed E-state index contributed by atoms with van der Waals surface area (Å²) >= 11 is 1.54. The van der Waals surface area contributed by atoms with Crippen LogP contribution in [-0.2, 0) is 6.42 Å². The highest BCUT2D eigenvalue weighted by Gasteiger charge is 2.26. The first-order valence-electron chi connectivity index (χ1n) is 5.33. The van der Waals surface area contributed by atoms with Crippen molar-refractivity contribution in [2.75, 3.05) is 13.1 Å². The average Bonchev–Trinajstić information content (AvgIpc) is 2.84. The Morgan fingerprint density at radius 2 is 2.53 bits per heavy atom. The van der Waals surface area contributed by atoms with Crippen molar-refractivity contribution >= 4 is 17.2 Å². The molecular weight excluding hydrogens is 208 g/mol. The highest BCUT2D eigenvalue weighted by atomic mass is 32.1. The molecule has 1 aromatic rings. The van der Waals surface area contributed by atoms with Gasteiger partial charge in [-0.2, -0.15) is 0 Å². The molecule has 1 aromatic heterocycles. The van der Waals surface area contributed by atoms with Gasteiger partial charge in [0.2, 0.25) is 0 Å². The summed E-state index contributed by atoms with van der Waals surface area (Å²) in [6, 6.07) is 2.20. The van der Waals surface area contributed by atoms with Gasteiger partial charge in [0.25, 0.3) is 5.91 Å². The lowest BCUT2D eigenvalue weighted by atomic mass is 10.2. The van der Waals surface area contributed by atoms with Crippen molar-refractivity contribution in [3.8, 4) is 0 Å². The molecule has 1 aliphatic heterocycles. The summed E-state index contributed by atoms with van der Waals surface area (Å²) < 4.78 is 0. The van der Waals surface area contributed by atoms with Gasteiger partial charge in [-0.05, 0) is 29.9 Å². The number of carbonyl (C=O) groups excluding carboxylic acids is 1. The highest BCUT2D eigenvalue weighted by molar-refractivity contribution is 7.12. The van der Waals surface area contributed by atoms with E-state index in [0.717, 1.165) is 29.8 Å². The fourth-order valence-electron chi connectivity index (χ4n) is 1.92. The van der Waals surface area contributed by atoms with E-state index < -0.39 is 0 Å². The van der Waals surface area contributed by atoms with Crippen LogP contribution in [0.3, 0.4) is 0 Å². The van der Waals surface area contributed by atoms with Crippen molar-refractivity contribution in [1.29, 1.82) is 0 Å². The van der Waals surface area contributed by atoms with Crippen molar-refractivity contribution in [2.24, 2.45) is 5.73 Å². The molecule has 0 spiro atoms. The molecule has 15 heavy (non-hydrogen) atoms. The van der Waals surface area contributed by atoms with Gasteiger partial charge >= 0.3 is 0 Å². The molecule has 3 nitrogen and oxygen atoms in total. The van der Waals surface area contributed by atoms with E-state index in [0.29, 0.717) is 6.54 Å². The van der Waals surface area contributed by atoms with Crippen LogP contribution in [0, 0.1) is 0 Å². The van der Waals surface area contributed by atoms with Crippen LogP contribution >= 0.6 is 11.3 Å². The van der Waals surface area contributed by atoms with Crippen molar-refractivity contribution < 1.29 is 4.79 Å². The fraction of sp³-hybridized carbons (Fsp3) is 0.545. The summed E-state index contributed by atoms with van der Waals surface area (Å²) in [6.45, 7) is 3.59. The molecule has 0 bridgehead atoms. The Balaban J connectivity index is 2.14. The van der Waals surface area contributed by atoms with Crippen LogP contribution in [0.4, 0.5) is 0 Å². The molecule has 1 fully saturated rings. The van der Waals surface area contributed by atoms with Crippen molar-refractivity contribution in [3.63, 3.8) is 0 Å². The van der Waals surface area contributed by atoms with E-state index in [1.54, 1.807) is 0 Å². The predicted molar refractivity (Wildman–Crippen MR) is 62.2 cm³/mol. The number of thiophene rings is 1. The summed E-state index contributed by atoms with van der Waals surface area (Å²) in [7, 11) is 0. The molecule has 0 saturated carbocycles. The fourth-order valence-corrected chi connectivity index (χ4v) is 2.88. The molecule has 0 radical (unpaired) electrons.